The minimum atomic E-state index is -3.86. The summed E-state index contributed by atoms with van der Waals surface area (Å²) in [4.78, 5) is 13.9. The largest absolute Gasteiger partial charge is 0.294 e. The molecule has 3 N–H and O–H groups in total. The normalized spacial score (nSPS) is 11.2. The van der Waals surface area contributed by atoms with Crippen LogP contribution in [0.1, 0.15) is 15.9 Å². The first-order valence-corrected chi connectivity index (χ1v) is 7.41. The van der Waals surface area contributed by atoms with E-state index in [-0.39, 0.29) is 22.7 Å². The summed E-state index contributed by atoms with van der Waals surface area (Å²) in [6, 6.07) is 15.1. The first-order valence-electron chi connectivity index (χ1n) is 5.93. The number of carbonyl (C=O) groups excluding carboxylic acids is 1. The summed E-state index contributed by atoms with van der Waals surface area (Å²) in [5.74, 6) is 4.74. The molecular weight excluding hydrogens is 276 g/mol. The second-order valence-electron chi connectivity index (χ2n) is 4.20. The van der Waals surface area contributed by atoms with E-state index >= 15 is 0 Å². The molecule has 20 heavy (non-hydrogen) atoms. The molecule has 0 aliphatic rings. The van der Waals surface area contributed by atoms with E-state index in [0.717, 1.165) is 5.56 Å². The lowest BCUT2D eigenvalue weighted by Gasteiger charge is -2.08. The Balaban J connectivity index is 2.36. The van der Waals surface area contributed by atoms with Gasteiger partial charge >= 0.3 is 0 Å². The maximum Gasteiger partial charge on any atom is 0.253 e. The van der Waals surface area contributed by atoms with Crippen LogP contribution >= 0.6 is 0 Å². The van der Waals surface area contributed by atoms with Crippen LogP contribution in [0.25, 0.3) is 0 Å². The smallest absolute Gasteiger partial charge is 0.253 e. The molecule has 2 aromatic carbocycles. The summed E-state index contributed by atoms with van der Waals surface area (Å²) in [6.07, 6.45) is 0.137. The summed E-state index contributed by atoms with van der Waals surface area (Å²) < 4.78 is 23.6. The molecule has 5 nitrogen and oxygen atoms in total. The van der Waals surface area contributed by atoms with Gasteiger partial charge in [-0.25, -0.2) is 8.42 Å². The van der Waals surface area contributed by atoms with Crippen LogP contribution in [0.2, 0.25) is 0 Å². The molecule has 0 saturated carbocycles. The second-order valence-corrected chi connectivity index (χ2v) is 5.89. The van der Waals surface area contributed by atoms with Crippen molar-refractivity contribution in [3.63, 3.8) is 0 Å². The molecule has 0 aliphatic heterocycles. The first kappa shape index (κ1) is 14.4. The fourth-order valence-electron chi connectivity index (χ4n) is 1.87. The molecule has 0 bridgehead atoms. The average Bonchev–Trinajstić information content (AvgIpc) is 2.48. The van der Waals surface area contributed by atoms with Crippen LogP contribution in [0.4, 0.5) is 0 Å². The molecule has 0 unspecified atom stereocenters. The second kappa shape index (κ2) is 5.96. The average molecular weight is 290 g/mol. The van der Waals surface area contributed by atoms with Gasteiger partial charge in [0.1, 0.15) is 0 Å². The van der Waals surface area contributed by atoms with Gasteiger partial charge in [-0.2, -0.15) is 4.83 Å². The summed E-state index contributed by atoms with van der Waals surface area (Å²) in [5.41, 5.74) is 0.958. The molecule has 0 amide bonds. The highest BCUT2D eigenvalue weighted by Gasteiger charge is 2.20. The number of hydrazine groups is 1. The third-order valence-corrected chi connectivity index (χ3v) is 4.08. The maximum atomic E-state index is 12.3. The quantitative estimate of drug-likeness (QED) is 0.493. The van der Waals surface area contributed by atoms with Crippen molar-refractivity contribution in [1.29, 1.82) is 0 Å². The number of Topliss-reactive ketones (excluding diaryl/α,β-unsaturated/α-hetero) is 1. The zero-order chi connectivity index (χ0) is 14.6. The van der Waals surface area contributed by atoms with Crippen molar-refractivity contribution in [3.8, 4) is 0 Å². The molecule has 0 atom stereocenters. The Labute approximate surface area is 117 Å². The predicted molar refractivity (Wildman–Crippen MR) is 75.4 cm³/mol. The van der Waals surface area contributed by atoms with Crippen molar-refractivity contribution in [2.24, 2.45) is 5.84 Å². The van der Waals surface area contributed by atoms with Gasteiger partial charge in [-0.05, 0) is 11.6 Å². The third-order valence-electron chi connectivity index (χ3n) is 2.84. The Morgan fingerprint density at radius 1 is 1.00 bits per heavy atom. The monoisotopic (exact) mass is 290 g/mol. The Hall–Kier alpha value is -2.02. The number of benzene rings is 2. The highest BCUT2D eigenvalue weighted by molar-refractivity contribution is 7.89. The van der Waals surface area contributed by atoms with Crippen LogP contribution in [-0.2, 0) is 16.4 Å². The molecule has 6 heteroatoms. The number of sulfonamides is 1. The van der Waals surface area contributed by atoms with Crippen LogP contribution in [-0.4, -0.2) is 14.2 Å². The van der Waals surface area contributed by atoms with E-state index in [4.69, 9.17) is 5.84 Å². The summed E-state index contributed by atoms with van der Waals surface area (Å²) in [6.45, 7) is 0. The zero-order valence-electron chi connectivity index (χ0n) is 10.6. The maximum absolute atomic E-state index is 12.3. The van der Waals surface area contributed by atoms with Crippen molar-refractivity contribution in [3.05, 3.63) is 65.7 Å². The summed E-state index contributed by atoms with van der Waals surface area (Å²) in [5, 5.41) is 0. The molecule has 0 saturated heterocycles. The first-order chi connectivity index (χ1) is 9.54. The van der Waals surface area contributed by atoms with Gasteiger partial charge in [0, 0.05) is 12.0 Å². The number of hydrogen-bond donors (Lipinski definition) is 2. The van der Waals surface area contributed by atoms with E-state index in [0.29, 0.717) is 0 Å². The SMILES string of the molecule is NNS(=O)(=O)c1ccccc1C(=O)Cc1ccccc1. The summed E-state index contributed by atoms with van der Waals surface area (Å²) >= 11 is 0. The zero-order valence-corrected chi connectivity index (χ0v) is 11.4. The van der Waals surface area contributed by atoms with E-state index < -0.39 is 10.0 Å². The van der Waals surface area contributed by atoms with E-state index in [9.17, 15) is 13.2 Å². The van der Waals surface area contributed by atoms with Gasteiger partial charge in [-0.3, -0.25) is 10.6 Å². The topological polar surface area (TPSA) is 89.3 Å². The number of nitrogens with one attached hydrogen (secondary N) is 1. The molecule has 0 fully saturated rings. The van der Waals surface area contributed by atoms with Gasteiger partial charge in [0.2, 0.25) is 0 Å². The van der Waals surface area contributed by atoms with Crippen molar-refractivity contribution in [1.82, 2.24) is 4.83 Å². The molecule has 0 radical (unpaired) electrons. The molecule has 0 spiro atoms. The number of ketones is 1. The number of hydrogen-bond acceptors (Lipinski definition) is 4. The molecule has 0 aliphatic carbocycles. The number of rotatable bonds is 5. The van der Waals surface area contributed by atoms with Crippen LogP contribution in [0, 0.1) is 0 Å². The number of nitrogens with two attached hydrogens (primary N) is 1. The van der Waals surface area contributed by atoms with Gasteiger partial charge < -0.3 is 0 Å². The molecular formula is C14H14N2O3S. The lowest BCUT2D eigenvalue weighted by atomic mass is 10.0. The highest BCUT2D eigenvalue weighted by Crippen LogP contribution is 2.17. The van der Waals surface area contributed by atoms with Gasteiger partial charge in [0.05, 0.1) is 4.90 Å². The van der Waals surface area contributed by atoms with Crippen LogP contribution in [0.3, 0.4) is 0 Å². The van der Waals surface area contributed by atoms with E-state index in [1.807, 2.05) is 30.3 Å². The van der Waals surface area contributed by atoms with Crippen molar-refractivity contribution >= 4 is 15.8 Å². The van der Waals surface area contributed by atoms with Crippen LogP contribution in [0.5, 0.6) is 0 Å². The van der Waals surface area contributed by atoms with Gasteiger partial charge in [0.15, 0.2) is 5.78 Å². The number of carbonyl (C=O) groups is 1. The Morgan fingerprint density at radius 3 is 2.25 bits per heavy atom. The van der Waals surface area contributed by atoms with Gasteiger partial charge in [-0.1, -0.05) is 48.5 Å². The van der Waals surface area contributed by atoms with Crippen molar-refractivity contribution in [2.45, 2.75) is 11.3 Å². The predicted octanol–water partition coefficient (Wildman–Crippen LogP) is 1.26. The van der Waals surface area contributed by atoms with Gasteiger partial charge in [0.25, 0.3) is 10.0 Å². The highest BCUT2D eigenvalue weighted by atomic mass is 32.2. The lowest BCUT2D eigenvalue weighted by molar-refractivity contribution is 0.0990. The van der Waals surface area contributed by atoms with Crippen LogP contribution < -0.4 is 10.7 Å². The lowest BCUT2D eigenvalue weighted by Crippen LogP contribution is -2.31. The fourth-order valence-corrected chi connectivity index (χ4v) is 2.73. The summed E-state index contributed by atoms with van der Waals surface area (Å²) in [7, 11) is -3.86. The molecule has 0 aromatic heterocycles. The molecule has 2 aromatic rings. The van der Waals surface area contributed by atoms with Crippen molar-refractivity contribution < 1.29 is 13.2 Å². The van der Waals surface area contributed by atoms with E-state index in [2.05, 4.69) is 0 Å². The van der Waals surface area contributed by atoms with Crippen molar-refractivity contribution in [2.75, 3.05) is 0 Å². The standard InChI is InChI=1S/C14H14N2O3S/c15-16-20(18,19)14-9-5-4-8-12(14)13(17)10-11-6-2-1-3-7-11/h1-9,16H,10,15H2. The van der Waals surface area contributed by atoms with Gasteiger partial charge in [-0.15, -0.1) is 0 Å². The molecule has 104 valence electrons. The molecule has 0 heterocycles. The fraction of sp³-hybridized carbons (Fsp3) is 0.0714. The Kier molecular flexibility index (Phi) is 4.29. The third kappa shape index (κ3) is 3.11. The minimum absolute atomic E-state index is 0.108. The van der Waals surface area contributed by atoms with E-state index in [1.165, 1.54) is 12.1 Å². The van der Waals surface area contributed by atoms with E-state index in [1.54, 1.807) is 17.0 Å². The van der Waals surface area contributed by atoms with Crippen LogP contribution in [0.15, 0.2) is 59.5 Å². The Morgan fingerprint density at radius 2 is 1.60 bits per heavy atom. The minimum Gasteiger partial charge on any atom is -0.294 e. The molecule has 2 rings (SSSR count). The Bertz CT molecular complexity index is 712.